The third kappa shape index (κ3) is 4.97. The summed E-state index contributed by atoms with van der Waals surface area (Å²) in [5.41, 5.74) is 0. The highest BCUT2D eigenvalue weighted by atomic mass is 15.2. The second kappa shape index (κ2) is 5.72. The predicted molar refractivity (Wildman–Crippen MR) is 62.6 cm³/mol. The number of nitrogens with zero attached hydrogens (tertiary/aromatic N) is 1. The zero-order valence-corrected chi connectivity index (χ0v) is 10.2. The largest absolute Gasteiger partial charge is 0.313 e. The van der Waals surface area contributed by atoms with E-state index in [1.165, 1.54) is 25.9 Å². The van der Waals surface area contributed by atoms with E-state index in [0.717, 1.165) is 12.5 Å². The summed E-state index contributed by atoms with van der Waals surface area (Å²) in [7, 11) is 0. The molecule has 0 amide bonds. The molecule has 0 aromatic heterocycles. The van der Waals surface area contributed by atoms with Crippen LogP contribution in [0.5, 0.6) is 0 Å². The highest BCUT2D eigenvalue weighted by Gasteiger charge is 2.24. The lowest BCUT2D eigenvalue weighted by atomic mass is 10.2. The molecule has 0 aliphatic heterocycles. The van der Waals surface area contributed by atoms with Crippen molar-refractivity contribution in [2.24, 2.45) is 5.92 Å². The van der Waals surface area contributed by atoms with Gasteiger partial charge >= 0.3 is 0 Å². The molecule has 0 aromatic rings. The Bertz CT molecular complexity index is 150. The molecule has 0 saturated heterocycles. The fourth-order valence-electron chi connectivity index (χ4n) is 1.69. The van der Waals surface area contributed by atoms with Crippen molar-refractivity contribution >= 4 is 0 Å². The maximum atomic E-state index is 3.48. The van der Waals surface area contributed by atoms with E-state index < -0.39 is 0 Å². The van der Waals surface area contributed by atoms with E-state index in [0.29, 0.717) is 12.1 Å². The van der Waals surface area contributed by atoms with Crippen LogP contribution < -0.4 is 5.32 Å². The SMILES string of the molecule is CC(C)NCCN(CC1CC1)C(C)C. The molecule has 0 aromatic carbocycles. The molecule has 84 valence electrons. The van der Waals surface area contributed by atoms with Gasteiger partial charge in [-0.25, -0.2) is 0 Å². The molecule has 1 saturated carbocycles. The highest BCUT2D eigenvalue weighted by Crippen LogP contribution is 2.30. The van der Waals surface area contributed by atoms with Crippen LogP contribution in [0.15, 0.2) is 0 Å². The van der Waals surface area contributed by atoms with Gasteiger partial charge in [0.2, 0.25) is 0 Å². The first-order valence-corrected chi connectivity index (χ1v) is 6.07. The van der Waals surface area contributed by atoms with E-state index in [1.807, 2.05) is 0 Å². The molecule has 2 heteroatoms. The van der Waals surface area contributed by atoms with Crippen LogP contribution in [0.4, 0.5) is 0 Å². The van der Waals surface area contributed by atoms with E-state index in [1.54, 1.807) is 0 Å². The van der Waals surface area contributed by atoms with Gasteiger partial charge in [0.15, 0.2) is 0 Å². The van der Waals surface area contributed by atoms with E-state index in [9.17, 15) is 0 Å². The summed E-state index contributed by atoms with van der Waals surface area (Å²) in [5.74, 6) is 1.01. The average molecular weight is 198 g/mol. The molecule has 14 heavy (non-hydrogen) atoms. The van der Waals surface area contributed by atoms with Gasteiger partial charge in [-0.05, 0) is 32.6 Å². The zero-order valence-electron chi connectivity index (χ0n) is 10.2. The molecule has 1 N–H and O–H groups in total. The van der Waals surface area contributed by atoms with Crippen LogP contribution in [0, 0.1) is 5.92 Å². The standard InChI is InChI=1S/C12H26N2/c1-10(2)13-7-8-14(11(3)4)9-12-5-6-12/h10-13H,5-9H2,1-4H3. The summed E-state index contributed by atoms with van der Waals surface area (Å²) in [6.07, 6.45) is 2.92. The quantitative estimate of drug-likeness (QED) is 0.674. The Kier molecular flexibility index (Phi) is 4.90. The number of hydrogen-bond acceptors (Lipinski definition) is 2. The minimum Gasteiger partial charge on any atom is -0.313 e. The fourth-order valence-corrected chi connectivity index (χ4v) is 1.69. The molecule has 1 rings (SSSR count). The van der Waals surface area contributed by atoms with Crippen molar-refractivity contribution in [2.45, 2.75) is 52.6 Å². The zero-order chi connectivity index (χ0) is 10.6. The predicted octanol–water partition coefficient (Wildman–Crippen LogP) is 2.10. The Morgan fingerprint density at radius 2 is 1.86 bits per heavy atom. The molecule has 1 aliphatic rings. The Hall–Kier alpha value is -0.0800. The van der Waals surface area contributed by atoms with Crippen LogP contribution in [0.2, 0.25) is 0 Å². The molecule has 1 aliphatic carbocycles. The van der Waals surface area contributed by atoms with Crippen LogP contribution in [0.1, 0.15) is 40.5 Å². The second-order valence-electron chi connectivity index (χ2n) is 5.14. The molecule has 2 nitrogen and oxygen atoms in total. The van der Waals surface area contributed by atoms with Crippen LogP contribution in [0.3, 0.4) is 0 Å². The maximum absolute atomic E-state index is 3.48. The fraction of sp³-hybridized carbons (Fsp3) is 1.00. The average Bonchev–Trinajstić information content (AvgIpc) is 2.85. The Labute approximate surface area is 89.1 Å². The van der Waals surface area contributed by atoms with Crippen molar-refractivity contribution in [2.75, 3.05) is 19.6 Å². The van der Waals surface area contributed by atoms with Crippen molar-refractivity contribution in [1.29, 1.82) is 0 Å². The van der Waals surface area contributed by atoms with Gasteiger partial charge in [-0.2, -0.15) is 0 Å². The molecule has 1 fully saturated rings. The molecule has 0 atom stereocenters. The molecular weight excluding hydrogens is 172 g/mol. The summed E-state index contributed by atoms with van der Waals surface area (Å²) in [6, 6.07) is 1.31. The normalized spacial score (nSPS) is 17.4. The lowest BCUT2D eigenvalue weighted by Crippen LogP contribution is -2.39. The summed E-state index contributed by atoms with van der Waals surface area (Å²) in [4.78, 5) is 2.60. The first-order valence-electron chi connectivity index (χ1n) is 6.07. The second-order valence-corrected chi connectivity index (χ2v) is 5.14. The number of hydrogen-bond donors (Lipinski definition) is 1. The van der Waals surface area contributed by atoms with Gasteiger partial charge < -0.3 is 5.32 Å². The van der Waals surface area contributed by atoms with Gasteiger partial charge in [0.25, 0.3) is 0 Å². The first kappa shape index (κ1) is 12.0. The Balaban J connectivity index is 2.13. The highest BCUT2D eigenvalue weighted by molar-refractivity contribution is 4.79. The van der Waals surface area contributed by atoms with Crippen molar-refractivity contribution in [3.8, 4) is 0 Å². The van der Waals surface area contributed by atoms with Crippen LogP contribution in [-0.2, 0) is 0 Å². The Morgan fingerprint density at radius 1 is 1.21 bits per heavy atom. The van der Waals surface area contributed by atoms with E-state index in [-0.39, 0.29) is 0 Å². The van der Waals surface area contributed by atoms with Gasteiger partial charge in [0.05, 0.1) is 0 Å². The molecule has 0 radical (unpaired) electrons. The lowest BCUT2D eigenvalue weighted by molar-refractivity contribution is 0.211. The molecule has 0 heterocycles. The van der Waals surface area contributed by atoms with Crippen molar-refractivity contribution in [3.63, 3.8) is 0 Å². The third-order valence-corrected chi connectivity index (χ3v) is 2.87. The van der Waals surface area contributed by atoms with Crippen molar-refractivity contribution in [1.82, 2.24) is 10.2 Å². The van der Waals surface area contributed by atoms with Gasteiger partial charge in [0, 0.05) is 31.7 Å². The number of rotatable bonds is 7. The Morgan fingerprint density at radius 3 is 2.29 bits per heavy atom. The van der Waals surface area contributed by atoms with Crippen molar-refractivity contribution in [3.05, 3.63) is 0 Å². The smallest absolute Gasteiger partial charge is 0.0110 e. The lowest BCUT2D eigenvalue weighted by Gasteiger charge is -2.27. The van der Waals surface area contributed by atoms with Gasteiger partial charge in [-0.15, -0.1) is 0 Å². The molecule has 0 unspecified atom stereocenters. The van der Waals surface area contributed by atoms with Crippen LogP contribution in [-0.4, -0.2) is 36.6 Å². The minimum atomic E-state index is 0.616. The van der Waals surface area contributed by atoms with Gasteiger partial charge in [0.1, 0.15) is 0 Å². The van der Waals surface area contributed by atoms with Crippen LogP contribution >= 0.6 is 0 Å². The molecular formula is C12H26N2. The van der Waals surface area contributed by atoms with Gasteiger partial charge in [-0.1, -0.05) is 13.8 Å². The number of nitrogens with one attached hydrogen (secondary N) is 1. The third-order valence-electron chi connectivity index (χ3n) is 2.87. The van der Waals surface area contributed by atoms with E-state index >= 15 is 0 Å². The van der Waals surface area contributed by atoms with Crippen LogP contribution in [0.25, 0.3) is 0 Å². The van der Waals surface area contributed by atoms with Gasteiger partial charge in [-0.3, -0.25) is 4.90 Å². The van der Waals surface area contributed by atoms with Crippen molar-refractivity contribution < 1.29 is 0 Å². The monoisotopic (exact) mass is 198 g/mol. The summed E-state index contributed by atoms with van der Waals surface area (Å²) in [5, 5.41) is 3.48. The summed E-state index contributed by atoms with van der Waals surface area (Å²) < 4.78 is 0. The maximum Gasteiger partial charge on any atom is 0.0110 e. The van der Waals surface area contributed by atoms with E-state index in [2.05, 4.69) is 37.9 Å². The van der Waals surface area contributed by atoms with E-state index in [4.69, 9.17) is 0 Å². The topological polar surface area (TPSA) is 15.3 Å². The summed E-state index contributed by atoms with van der Waals surface area (Å²) >= 11 is 0. The summed E-state index contributed by atoms with van der Waals surface area (Å²) in [6.45, 7) is 12.7. The molecule has 0 spiro atoms. The minimum absolute atomic E-state index is 0.616. The molecule has 0 bridgehead atoms. The first-order chi connectivity index (χ1) is 6.59.